The summed E-state index contributed by atoms with van der Waals surface area (Å²) in [7, 11) is 0. The number of hydrogen-bond donors (Lipinski definition) is 1. The van der Waals surface area contributed by atoms with Crippen LogP contribution in [-0.2, 0) is 4.79 Å². The first-order chi connectivity index (χ1) is 11.8. The van der Waals surface area contributed by atoms with Gasteiger partial charge in [-0.3, -0.25) is 4.79 Å². The first-order valence-electron chi connectivity index (χ1n) is 11.0. The van der Waals surface area contributed by atoms with Crippen LogP contribution in [0.15, 0.2) is 0 Å². The predicted octanol–water partition coefficient (Wildman–Crippen LogP) is 5.23. The maximum absolute atomic E-state index is 12.0. The highest BCUT2D eigenvalue weighted by Crippen LogP contribution is 2.68. The average Bonchev–Trinajstić information content (AvgIpc) is 2.93. The van der Waals surface area contributed by atoms with Crippen molar-refractivity contribution in [1.29, 1.82) is 0 Å². The number of ketones is 1. The molecule has 0 heterocycles. The number of rotatable bonds is 2. The van der Waals surface area contributed by atoms with E-state index in [2.05, 4.69) is 27.7 Å². The van der Waals surface area contributed by atoms with Crippen molar-refractivity contribution in [3.05, 3.63) is 0 Å². The van der Waals surface area contributed by atoms with Gasteiger partial charge in [-0.25, -0.2) is 0 Å². The van der Waals surface area contributed by atoms with Crippen LogP contribution in [0.3, 0.4) is 0 Å². The molecular formula is C23H38O2. The summed E-state index contributed by atoms with van der Waals surface area (Å²) in [6, 6.07) is 0. The summed E-state index contributed by atoms with van der Waals surface area (Å²) >= 11 is 0. The highest BCUT2D eigenvalue weighted by molar-refractivity contribution is 5.79. The zero-order chi connectivity index (χ0) is 18.0. The molecule has 142 valence electrons. The number of fused-ring (bicyclic) bond motifs is 5. The Morgan fingerprint density at radius 1 is 1.12 bits per heavy atom. The van der Waals surface area contributed by atoms with Crippen LogP contribution in [0.5, 0.6) is 0 Å². The van der Waals surface area contributed by atoms with Gasteiger partial charge in [-0.1, -0.05) is 34.1 Å². The third-order valence-corrected chi connectivity index (χ3v) is 9.90. The molecule has 0 aromatic carbocycles. The molecule has 0 aromatic rings. The third-order valence-electron chi connectivity index (χ3n) is 9.90. The molecule has 0 aliphatic heterocycles. The Bertz CT molecular complexity index is 542. The van der Waals surface area contributed by atoms with Crippen LogP contribution in [0.1, 0.15) is 85.5 Å². The normalized spacial score (nSPS) is 53.7. The number of carbonyl (C=O) groups excluding carboxylic acids is 1. The lowest BCUT2D eigenvalue weighted by Gasteiger charge is -2.61. The van der Waals surface area contributed by atoms with E-state index in [1.807, 2.05) is 0 Å². The van der Waals surface area contributed by atoms with Crippen molar-refractivity contribution in [2.75, 3.05) is 0 Å². The first kappa shape index (κ1) is 18.0. The Hall–Kier alpha value is -0.370. The van der Waals surface area contributed by atoms with Gasteiger partial charge in [0.2, 0.25) is 0 Å². The van der Waals surface area contributed by atoms with Crippen molar-refractivity contribution < 1.29 is 9.90 Å². The second kappa shape index (κ2) is 6.08. The Balaban J connectivity index is 1.64. The Kier molecular flexibility index (Phi) is 4.38. The van der Waals surface area contributed by atoms with Crippen LogP contribution < -0.4 is 0 Å². The summed E-state index contributed by atoms with van der Waals surface area (Å²) < 4.78 is 0. The zero-order valence-electron chi connectivity index (χ0n) is 16.8. The lowest BCUT2D eigenvalue weighted by Crippen LogP contribution is -2.58. The predicted molar refractivity (Wildman–Crippen MR) is 101 cm³/mol. The van der Waals surface area contributed by atoms with E-state index in [-0.39, 0.29) is 6.10 Å². The van der Waals surface area contributed by atoms with Gasteiger partial charge in [0.05, 0.1) is 6.10 Å². The molecular weight excluding hydrogens is 308 g/mol. The standard InChI is InChI=1S/C23H38O2/c1-5-14(2)17-6-7-18-21-19(9-11-23(17,18)4)22(3)10-8-16(24)12-15(22)13-20(21)25/h14-15,17-21,25H,5-13H2,1-4H3/t14-,15-,17-,18?,19?,20-,21?,22+,23-/m1/s1. The molecule has 0 radical (unpaired) electrons. The maximum atomic E-state index is 12.0. The average molecular weight is 347 g/mol. The van der Waals surface area contributed by atoms with Crippen LogP contribution in [0, 0.1) is 46.3 Å². The molecule has 2 heteroatoms. The van der Waals surface area contributed by atoms with Crippen molar-refractivity contribution in [2.24, 2.45) is 46.3 Å². The van der Waals surface area contributed by atoms with Gasteiger partial charge in [-0.2, -0.15) is 0 Å². The molecule has 0 amide bonds. The Labute approximate surface area is 154 Å². The molecule has 4 fully saturated rings. The number of Topliss-reactive ketones (excluding diaryl/α,β-unsaturated/α-hetero) is 1. The van der Waals surface area contributed by atoms with E-state index in [4.69, 9.17) is 0 Å². The molecule has 1 N–H and O–H groups in total. The van der Waals surface area contributed by atoms with Crippen molar-refractivity contribution in [3.8, 4) is 0 Å². The molecule has 0 spiro atoms. The SMILES string of the molecule is CC[C@@H](C)[C@H]1CCC2C3C(CC[C@@]21C)[C@@]1(C)CCC(=O)C[C@@H]1C[C@H]3O. The largest absolute Gasteiger partial charge is 0.393 e. The molecule has 3 unspecified atom stereocenters. The van der Waals surface area contributed by atoms with Crippen LogP contribution in [0.2, 0.25) is 0 Å². The molecule has 0 bridgehead atoms. The minimum Gasteiger partial charge on any atom is -0.393 e. The van der Waals surface area contributed by atoms with E-state index in [1.165, 1.54) is 32.1 Å². The quantitative estimate of drug-likeness (QED) is 0.743. The lowest BCUT2D eigenvalue weighted by atomic mass is 9.44. The fourth-order valence-corrected chi connectivity index (χ4v) is 8.27. The summed E-state index contributed by atoms with van der Waals surface area (Å²) in [6.07, 6.45) is 9.89. The summed E-state index contributed by atoms with van der Waals surface area (Å²) in [4.78, 5) is 12.0. The van der Waals surface area contributed by atoms with Gasteiger partial charge in [0.1, 0.15) is 5.78 Å². The molecule has 4 rings (SSSR count). The summed E-state index contributed by atoms with van der Waals surface area (Å²) in [5, 5.41) is 11.2. The van der Waals surface area contributed by atoms with Gasteiger partial charge in [0, 0.05) is 12.8 Å². The van der Waals surface area contributed by atoms with Crippen molar-refractivity contribution in [2.45, 2.75) is 91.6 Å². The summed E-state index contributed by atoms with van der Waals surface area (Å²) in [5.41, 5.74) is 0.735. The number of aliphatic hydroxyl groups excluding tert-OH is 1. The van der Waals surface area contributed by atoms with Gasteiger partial charge in [0.25, 0.3) is 0 Å². The molecule has 0 saturated heterocycles. The van der Waals surface area contributed by atoms with Crippen molar-refractivity contribution >= 4 is 5.78 Å². The van der Waals surface area contributed by atoms with Gasteiger partial charge in [-0.05, 0) is 84.9 Å². The zero-order valence-corrected chi connectivity index (χ0v) is 16.8. The number of aliphatic hydroxyl groups is 1. The van der Waals surface area contributed by atoms with Gasteiger partial charge >= 0.3 is 0 Å². The highest BCUT2D eigenvalue weighted by atomic mass is 16.3. The summed E-state index contributed by atoms with van der Waals surface area (Å²) in [6.45, 7) is 9.82. The molecule has 4 saturated carbocycles. The van der Waals surface area contributed by atoms with Crippen molar-refractivity contribution in [3.63, 3.8) is 0 Å². The van der Waals surface area contributed by atoms with Crippen LogP contribution in [-0.4, -0.2) is 17.0 Å². The first-order valence-corrected chi connectivity index (χ1v) is 11.0. The fourth-order valence-electron chi connectivity index (χ4n) is 8.27. The molecule has 9 atom stereocenters. The maximum Gasteiger partial charge on any atom is 0.133 e. The van der Waals surface area contributed by atoms with E-state index in [0.29, 0.717) is 40.3 Å². The van der Waals surface area contributed by atoms with E-state index < -0.39 is 0 Å². The number of hydrogen-bond acceptors (Lipinski definition) is 2. The van der Waals surface area contributed by atoms with Crippen LogP contribution in [0.25, 0.3) is 0 Å². The smallest absolute Gasteiger partial charge is 0.133 e. The van der Waals surface area contributed by atoms with Crippen LogP contribution >= 0.6 is 0 Å². The lowest BCUT2D eigenvalue weighted by molar-refractivity contribution is -0.168. The van der Waals surface area contributed by atoms with Crippen molar-refractivity contribution in [1.82, 2.24) is 0 Å². The molecule has 4 aliphatic carbocycles. The topological polar surface area (TPSA) is 37.3 Å². The van der Waals surface area contributed by atoms with Gasteiger partial charge < -0.3 is 5.11 Å². The van der Waals surface area contributed by atoms with E-state index in [1.54, 1.807) is 0 Å². The second-order valence-corrected chi connectivity index (χ2v) is 10.7. The van der Waals surface area contributed by atoms with Gasteiger partial charge in [-0.15, -0.1) is 0 Å². The van der Waals surface area contributed by atoms with E-state index >= 15 is 0 Å². The Morgan fingerprint density at radius 3 is 2.56 bits per heavy atom. The molecule has 4 aliphatic rings. The minimum absolute atomic E-state index is 0.172. The molecule has 2 nitrogen and oxygen atoms in total. The molecule has 25 heavy (non-hydrogen) atoms. The minimum atomic E-state index is -0.172. The number of carbonyl (C=O) groups is 1. The highest BCUT2D eigenvalue weighted by Gasteiger charge is 2.62. The molecule has 0 aromatic heterocycles. The van der Waals surface area contributed by atoms with Gasteiger partial charge in [0.15, 0.2) is 0 Å². The monoisotopic (exact) mass is 346 g/mol. The third kappa shape index (κ3) is 2.49. The fraction of sp³-hybridized carbons (Fsp3) is 0.957. The van der Waals surface area contributed by atoms with E-state index in [0.717, 1.165) is 37.5 Å². The second-order valence-electron chi connectivity index (χ2n) is 10.7. The Morgan fingerprint density at radius 2 is 1.84 bits per heavy atom. The van der Waals surface area contributed by atoms with E-state index in [9.17, 15) is 9.90 Å². The summed E-state index contributed by atoms with van der Waals surface area (Å²) in [5.74, 6) is 4.35. The van der Waals surface area contributed by atoms with Crippen LogP contribution in [0.4, 0.5) is 0 Å².